The number of anilines is 1. The maximum Gasteiger partial charge on any atom is 0.419 e. The van der Waals surface area contributed by atoms with Crippen LogP contribution in [0.5, 0.6) is 0 Å². The van der Waals surface area contributed by atoms with Crippen LogP contribution >= 0.6 is 0 Å². The number of halogens is 4. The van der Waals surface area contributed by atoms with Gasteiger partial charge in [0, 0.05) is 5.69 Å². The molecule has 1 amide bonds. The van der Waals surface area contributed by atoms with Gasteiger partial charge in [0.05, 0.1) is 17.2 Å². The number of hydrogen-bond acceptors (Lipinski definition) is 5. The fraction of sp³-hybridized carbons (Fsp3) is 0.222. The zero-order chi connectivity index (χ0) is 23.6. The van der Waals surface area contributed by atoms with Gasteiger partial charge in [-0.25, -0.2) is 17.6 Å². The minimum absolute atomic E-state index is 0.253. The highest BCUT2D eigenvalue weighted by Gasteiger charge is 2.35. The second kappa shape index (κ2) is 8.89. The van der Waals surface area contributed by atoms with Crippen LogP contribution in [0.3, 0.4) is 0 Å². The van der Waals surface area contributed by atoms with Crippen molar-refractivity contribution < 1.29 is 45.8 Å². The molecule has 0 heterocycles. The number of rotatable bonds is 7. The Bertz CT molecular complexity index is 1100. The van der Waals surface area contributed by atoms with E-state index in [0.717, 1.165) is 25.1 Å². The summed E-state index contributed by atoms with van der Waals surface area (Å²) in [5.74, 6) is -4.34. The number of aliphatic carboxylic acids is 1. The van der Waals surface area contributed by atoms with Crippen LogP contribution in [0.2, 0.25) is 0 Å². The fourth-order valence-corrected chi connectivity index (χ4v) is 3.77. The SMILES string of the molecule is CC(O)C(NC(=O)c1ccccc1S(=O)(=O)Nc1ccc(F)c(C(F)(F)F)c1)C(=O)O. The lowest BCUT2D eigenvalue weighted by molar-refractivity contribution is -0.142. The van der Waals surface area contributed by atoms with E-state index in [1.807, 2.05) is 10.0 Å². The number of carboxylic acids is 1. The maximum absolute atomic E-state index is 13.4. The Morgan fingerprint density at radius 1 is 1.10 bits per heavy atom. The molecule has 0 radical (unpaired) electrons. The molecule has 2 aromatic rings. The van der Waals surface area contributed by atoms with Crippen LogP contribution < -0.4 is 10.0 Å². The van der Waals surface area contributed by atoms with Gasteiger partial charge in [0.2, 0.25) is 0 Å². The molecule has 0 aliphatic rings. The van der Waals surface area contributed by atoms with E-state index in [-0.39, 0.29) is 6.07 Å². The van der Waals surface area contributed by atoms with Crippen LogP contribution in [-0.2, 0) is 21.0 Å². The molecule has 0 bridgehead atoms. The van der Waals surface area contributed by atoms with E-state index in [2.05, 4.69) is 0 Å². The van der Waals surface area contributed by atoms with E-state index in [9.17, 15) is 40.7 Å². The van der Waals surface area contributed by atoms with Crippen molar-refractivity contribution in [3.8, 4) is 0 Å². The smallest absolute Gasteiger partial charge is 0.419 e. The quantitative estimate of drug-likeness (QED) is 0.465. The van der Waals surface area contributed by atoms with Crippen LogP contribution in [0.15, 0.2) is 47.4 Å². The van der Waals surface area contributed by atoms with E-state index < -0.39 is 67.7 Å². The third-order valence-corrected chi connectivity index (χ3v) is 5.42. The Morgan fingerprint density at radius 2 is 1.71 bits per heavy atom. The van der Waals surface area contributed by atoms with Gasteiger partial charge in [0.25, 0.3) is 15.9 Å². The summed E-state index contributed by atoms with van der Waals surface area (Å²) in [5, 5.41) is 20.5. The highest BCUT2D eigenvalue weighted by atomic mass is 32.2. The van der Waals surface area contributed by atoms with Gasteiger partial charge in [-0.05, 0) is 37.3 Å². The zero-order valence-electron chi connectivity index (χ0n) is 15.6. The van der Waals surface area contributed by atoms with Crippen molar-refractivity contribution in [3.05, 3.63) is 59.4 Å². The van der Waals surface area contributed by atoms with Crippen LogP contribution in [-0.4, -0.2) is 42.7 Å². The van der Waals surface area contributed by atoms with Gasteiger partial charge in [0.1, 0.15) is 10.7 Å². The molecule has 2 aromatic carbocycles. The van der Waals surface area contributed by atoms with E-state index in [0.29, 0.717) is 6.07 Å². The molecule has 2 atom stereocenters. The lowest BCUT2D eigenvalue weighted by Crippen LogP contribution is -2.47. The Hall–Kier alpha value is -3.19. The third kappa shape index (κ3) is 5.70. The van der Waals surface area contributed by atoms with Crippen molar-refractivity contribution in [3.63, 3.8) is 0 Å². The third-order valence-electron chi connectivity index (χ3n) is 3.98. The second-order valence-electron chi connectivity index (χ2n) is 6.32. The summed E-state index contributed by atoms with van der Waals surface area (Å²) >= 11 is 0. The molecular formula is C18H16F4N2O6S. The number of benzene rings is 2. The Kier molecular flexibility index (Phi) is 6.91. The van der Waals surface area contributed by atoms with Gasteiger partial charge in [-0.15, -0.1) is 0 Å². The number of nitrogens with one attached hydrogen (secondary N) is 2. The number of aliphatic hydroxyl groups is 1. The molecule has 0 fully saturated rings. The van der Waals surface area contributed by atoms with Crippen LogP contribution in [0.4, 0.5) is 23.2 Å². The van der Waals surface area contributed by atoms with Gasteiger partial charge in [-0.3, -0.25) is 9.52 Å². The monoisotopic (exact) mass is 464 g/mol. The van der Waals surface area contributed by atoms with Gasteiger partial charge < -0.3 is 15.5 Å². The predicted molar refractivity (Wildman–Crippen MR) is 99.2 cm³/mol. The summed E-state index contributed by atoms with van der Waals surface area (Å²) in [6.45, 7) is 1.09. The Labute approximate surface area is 173 Å². The largest absolute Gasteiger partial charge is 0.480 e. The zero-order valence-corrected chi connectivity index (χ0v) is 16.5. The normalized spacial score (nSPS) is 13.9. The van der Waals surface area contributed by atoms with Gasteiger partial charge in [-0.2, -0.15) is 13.2 Å². The van der Waals surface area contributed by atoms with Crippen molar-refractivity contribution in [2.75, 3.05) is 4.72 Å². The summed E-state index contributed by atoms with van der Waals surface area (Å²) in [5.41, 5.74) is -2.84. The number of carboxylic acid groups (broad SMARTS) is 1. The molecule has 0 spiro atoms. The predicted octanol–water partition coefficient (Wildman–Crippen LogP) is 2.21. The van der Waals surface area contributed by atoms with E-state index in [1.54, 1.807) is 0 Å². The number of alkyl halides is 3. The molecule has 13 heteroatoms. The summed E-state index contributed by atoms with van der Waals surface area (Å²) in [6.07, 6.45) is -6.58. The highest BCUT2D eigenvalue weighted by molar-refractivity contribution is 7.92. The number of hydrogen-bond donors (Lipinski definition) is 4. The lowest BCUT2D eigenvalue weighted by Gasteiger charge is -2.18. The van der Waals surface area contributed by atoms with Crippen molar-refractivity contribution in [2.45, 2.75) is 30.1 Å². The van der Waals surface area contributed by atoms with Crippen molar-refractivity contribution in [1.82, 2.24) is 5.32 Å². The Balaban J connectivity index is 2.41. The van der Waals surface area contributed by atoms with E-state index in [4.69, 9.17) is 5.11 Å². The van der Waals surface area contributed by atoms with Crippen molar-refractivity contribution in [2.24, 2.45) is 0 Å². The summed E-state index contributed by atoms with van der Waals surface area (Å²) in [4.78, 5) is 22.9. The lowest BCUT2D eigenvalue weighted by atomic mass is 10.1. The van der Waals surface area contributed by atoms with Crippen LogP contribution in [0, 0.1) is 5.82 Å². The molecule has 2 unspecified atom stereocenters. The summed E-state index contributed by atoms with van der Waals surface area (Å²) in [7, 11) is -4.65. The number of aliphatic hydroxyl groups excluding tert-OH is 1. The number of sulfonamides is 1. The molecule has 0 saturated carbocycles. The first-order valence-electron chi connectivity index (χ1n) is 8.44. The number of carbonyl (C=O) groups is 2. The minimum atomic E-state index is -5.07. The fourth-order valence-electron chi connectivity index (χ4n) is 2.51. The highest BCUT2D eigenvalue weighted by Crippen LogP contribution is 2.33. The standard InChI is InChI=1S/C18H16F4N2O6S/c1-9(25)15(17(27)28)23-16(26)11-4-2-3-5-14(11)31(29,30)24-10-6-7-13(19)12(8-10)18(20,21)22/h2-9,15,24-25H,1H3,(H,23,26)(H,27,28). The molecule has 0 aliphatic heterocycles. The average Bonchev–Trinajstić information content (AvgIpc) is 2.65. The molecule has 4 N–H and O–H groups in total. The summed E-state index contributed by atoms with van der Waals surface area (Å²) in [6, 6.07) is 4.19. The number of carbonyl (C=O) groups excluding carboxylic acids is 1. The van der Waals surface area contributed by atoms with Gasteiger partial charge in [0.15, 0.2) is 6.04 Å². The molecule has 2 rings (SSSR count). The number of amides is 1. The van der Waals surface area contributed by atoms with E-state index >= 15 is 0 Å². The van der Waals surface area contributed by atoms with Gasteiger partial charge in [-0.1, -0.05) is 12.1 Å². The second-order valence-corrected chi connectivity index (χ2v) is 7.97. The van der Waals surface area contributed by atoms with Gasteiger partial charge >= 0.3 is 12.1 Å². The molecule has 168 valence electrons. The van der Waals surface area contributed by atoms with Crippen LogP contribution in [0.1, 0.15) is 22.8 Å². The molecular weight excluding hydrogens is 448 g/mol. The molecule has 0 saturated heterocycles. The first-order chi connectivity index (χ1) is 14.2. The molecule has 31 heavy (non-hydrogen) atoms. The van der Waals surface area contributed by atoms with Crippen molar-refractivity contribution >= 4 is 27.6 Å². The first kappa shape index (κ1) is 24.1. The molecule has 0 aliphatic carbocycles. The summed E-state index contributed by atoms with van der Waals surface area (Å²) < 4.78 is 79.2. The Morgan fingerprint density at radius 3 is 2.26 bits per heavy atom. The van der Waals surface area contributed by atoms with Crippen molar-refractivity contribution in [1.29, 1.82) is 0 Å². The topological polar surface area (TPSA) is 133 Å². The average molecular weight is 464 g/mol. The minimum Gasteiger partial charge on any atom is -0.480 e. The maximum atomic E-state index is 13.4. The van der Waals surface area contributed by atoms with E-state index in [1.165, 1.54) is 12.1 Å². The molecule has 8 nitrogen and oxygen atoms in total. The van der Waals surface area contributed by atoms with Crippen LogP contribution in [0.25, 0.3) is 0 Å². The first-order valence-corrected chi connectivity index (χ1v) is 9.92. The molecule has 0 aromatic heterocycles.